The Morgan fingerprint density at radius 2 is 2.20 bits per heavy atom. The summed E-state index contributed by atoms with van der Waals surface area (Å²) in [5.41, 5.74) is 0.577. The number of hydrogen-bond acceptors (Lipinski definition) is 4. The van der Waals surface area contributed by atoms with E-state index in [1.165, 1.54) is 18.9 Å². The fourth-order valence-electron chi connectivity index (χ4n) is 1.34. The van der Waals surface area contributed by atoms with Crippen LogP contribution in [0.1, 0.15) is 6.92 Å². The first-order valence-corrected chi connectivity index (χ1v) is 7.41. The van der Waals surface area contributed by atoms with Crippen molar-refractivity contribution in [2.45, 2.75) is 6.92 Å². The number of ether oxygens (including phenoxy) is 1. The standard InChI is InChI=1S/C13H16ClNO4S/c1-8(13(17)18)6-20-7-12(16)15-9-3-4-11(19-2)10(14)5-9/h3-5,8H,6-7H2,1-2H3,(H,15,16)(H,17,18). The number of amides is 1. The smallest absolute Gasteiger partial charge is 0.307 e. The van der Waals surface area contributed by atoms with E-state index in [0.29, 0.717) is 22.2 Å². The molecule has 0 saturated carbocycles. The molecule has 1 atom stereocenters. The Kier molecular flexibility index (Phi) is 6.67. The van der Waals surface area contributed by atoms with Crippen molar-refractivity contribution in [2.24, 2.45) is 5.92 Å². The van der Waals surface area contributed by atoms with Gasteiger partial charge in [-0.2, -0.15) is 11.8 Å². The van der Waals surface area contributed by atoms with Crippen molar-refractivity contribution in [3.05, 3.63) is 23.2 Å². The average Bonchev–Trinajstić information content (AvgIpc) is 2.38. The van der Waals surface area contributed by atoms with Crippen LogP contribution < -0.4 is 10.1 Å². The Bertz CT molecular complexity index is 495. The molecule has 0 aliphatic heterocycles. The number of aliphatic carboxylic acids is 1. The van der Waals surface area contributed by atoms with Gasteiger partial charge in [-0.25, -0.2) is 0 Å². The first kappa shape index (κ1) is 16.7. The Hall–Kier alpha value is -1.40. The summed E-state index contributed by atoms with van der Waals surface area (Å²) in [6.07, 6.45) is 0. The monoisotopic (exact) mass is 317 g/mol. The van der Waals surface area contributed by atoms with Crippen LogP contribution in [0.3, 0.4) is 0 Å². The highest BCUT2D eigenvalue weighted by Gasteiger charge is 2.12. The maximum Gasteiger partial charge on any atom is 0.307 e. The quantitative estimate of drug-likeness (QED) is 0.808. The lowest BCUT2D eigenvalue weighted by molar-refractivity contribution is -0.140. The molecule has 0 bridgehead atoms. The highest BCUT2D eigenvalue weighted by molar-refractivity contribution is 8.00. The number of rotatable bonds is 7. The highest BCUT2D eigenvalue weighted by Crippen LogP contribution is 2.27. The maximum atomic E-state index is 11.7. The predicted octanol–water partition coefficient (Wildman–Crippen LogP) is 2.74. The average molecular weight is 318 g/mol. The lowest BCUT2D eigenvalue weighted by Crippen LogP contribution is -2.17. The minimum Gasteiger partial charge on any atom is -0.495 e. The summed E-state index contributed by atoms with van der Waals surface area (Å²) in [5, 5.41) is 11.8. The molecule has 1 unspecified atom stereocenters. The zero-order valence-corrected chi connectivity index (χ0v) is 12.8. The number of hydrogen-bond donors (Lipinski definition) is 2. The van der Waals surface area contributed by atoms with E-state index < -0.39 is 11.9 Å². The van der Waals surface area contributed by atoms with Crippen LogP contribution in [-0.2, 0) is 9.59 Å². The van der Waals surface area contributed by atoms with Gasteiger partial charge in [0.15, 0.2) is 0 Å². The van der Waals surface area contributed by atoms with Crippen LogP contribution in [0.4, 0.5) is 5.69 Å². The van der Waals surface area contributed by atoms with E-state index in [1.807, 2.05) is 0 Å². The van der Waals surface area contributed by atoms with Gasteiger partial charge in [0.25, 0.3) is 0 Å². The number of nitrogens with one attached hydrogen (secondary N) is 1. The van der Waals surface area contributed by atoms with E-state index in [2.05, 4.69) is 5.32 Å². The van der Waals surface area contributed by atoms with Gasteiger partial charge in [-0.05, 0) is 18.2 Å². The third-order valence-corrected chi connectivity index (χ3v) is 3.96. The number of thioether (sulfide) groups is 1. The van der Waals surface area contributed by atoms with Crippen LogP contribution >= 0.6 is 23.4 Å². The van der Waals surface area contributed by atoms with Crippen molar-refractivity contribution < 1.29 is 19.4 Å². The second kappa shape index (κ2) is 8.01. The summed E-state index contributed by atoms with van der Waals surface area (Å²) in [6.45, 7) is 1.61. The molecule has 0 aliphatic rings. The molecule has 0 spiro atoms. The zero-order chi connectivity index (χ0) is 15.1. The van der Waals surface area contributed by atoms with Crippen LogP contribution in [0.5, 0.6) is 5.75 Å². The number of halogens is 1. The van der Waals surface area contributed by atoms with Crippen molar-refractivity contribution in [3.8, 4) is 5.75 Å². The number of carbonyl (C=O) groups excluding carboxylic acids is 1. The fourth-order valence-corrected chi connectivity index (χ4v) is 2.47. The number of anilines is 1. The van der Waals surface area contributed by atoms with E-state index in [4.69, 9.17) is 21.4 Å². The molecule has 0 aliphatic carbocycles. The topological polar surface area (TPSA) is 75.6 Å². The van der Waals surface area contributed by atoms with E-state index >= 15 is 0 Å². The van der Waals surface area contributed by atoms with Gasteiger partial charge in [0.05, 0.1) is 23.8 Å². The number of carboxylic acids is 1. The van der Waals surface area contributed by atoms with Crippen LogP contribution in [0.2, 0.25) is 5.02 Å². The van der Waals surface area contributed by atoms with Gasteiger partial charge < -0.3 is 15.2 Å². The number of carboxylic acid groups (broad SMARTS) is 1. The normalized spacial score (nSPS) is 11.8. The van der Waals surface area contributed by atoms with Crippen molar-refractivity contribution in [1.29, 1.82) is 0 Å². The maximum absolute atomic E-state index is 11.7. The van der Waals surface area contributed by atoms with Gasteiger partial charge in [-0.15, -0.1) is 0 Å². The van der Waals surface area contributed by atoms with E-state index in [9.17, 15) is 9.59 Å². The Labute approximate surface area is 126 Å². The summed E-state index contributed by atoms with van der Waals surface area (Å²) in [5.74, 6) is -0.404. The van der Waals surface area contributed by atoms with Crippen molar-refractivity contribution >= 4 is 40.9 Å². The molecule has 0 fully saturated rings. The summed E-state index contributed by atoms with van der Waals surface area (Å²) >= 11 is 7.23. The first-order valence-electron chi connectivity index (χ1n) is 5.88. The van der Waals surface area contributed by atoms with Crippen molar-refractivity contribution in [2.75, 3.05) is 23.9 Å². The molecule has 110 valence electrons. The Morgan fingerprint density at radius 3 is 2.75 bits per heavy atom. The van der Waals surface area contributed by atoms with E-state index in [0.717, 1.165) is 0 Å². The fraction of sp³-hybridized carbons (Fsp3) is 0.385. The summed E-state index contributed by atoms with van der Waals surface area (Å²) in [7, 11) is 1.51. The molecular formula is C13H16ClNO4S. The van der Waals surface area contributed by atoms with Crippen molar-refractivity contribution in [1.82, 2.24) is 0 Å². The Balaban J connectivity index is 2.43. The molecule has 0 radical (unpaired) electrons. The second-order valence-electron chi connectivity index (χ2n) is 4.15. The van der Waals surface area contributed by atoms with Crippen LogP contribution in [0.25, 0.3) is 0 Å². The minimum atomic E-state index is -0.861. The number of carbonyl (C=O) groups is 2. The molecule has 0 aromatic heterocycles. The molecule has 7 heteroatoms. The summed E-state index contributed by atoms with van der Waals surface area (Å²) < 4.78 is 5.01. The molecular weight excluding hydrogens is 302 g/mol. The highest BCUT2D eigenvalue weighted by atomic mass is 35.5. The predicted molar refractivity (Wildman–Crippen MR) is 80.8 cm³/mol. The molecule has 5 nitrogen and oxygen atoms in total. The van der Waals surface area contributed by atoms with Gasteiger partial charge in [0, 0.05) is 11.4 Å². The van der Waals surface area contributed by atoms with Crippen LogP contribution in [0.15, 0.2) is 18.2 Å². The molecule has 20 heavy (non-hydrogen) atoms. The van der Waals surface area contributed by atoms with Gasteiger partial charge >= 0.3 is 5.97 Å². The van der Waals surface area contributed by atoms with Gasteiger partial charge in [0.1, 0.15) is 5.75 Å². The first-order chi connectivity index (χ1) is 9.43. The molecule has 1 aromatic carbocycles. The van der Waals surface area contributed by atoms with Gasteiger partial charge in [-0.3, -0.25) is 9.59 Å². The lowest BCUT2D eigenvalue weighted by atomic mass is 10.2. The van der Waals surface area contributed by atoms with Crippen LogP contribution in [0, 0.1) is 5.92 Å². The zero-order valence-electron chi connectivity index (χ0n) is 11.2. The SMILES string of the molecule is COc1ccc(NC(=O)CSCC(C)C(=O)O)cc1Cl. The Morgan fingerprint density at radius 1 is 1.50 bits per heavy atom. The van der Waals surface area contributed by atoms with Gasteiger partial charge in [0.2, 0.25) is 5.91 Å². The molecule has 1 rings (SSSR count). The molecule has 1 amide bonds. The van der Waals surface area contributed by atoms with E-state index in [-0.39, 0.29) is 11.7 Å². The molecule has 2 N–H and O–H groups in total. The lowest BCUT2D eigenvalue weighted by Gasteiger charge is -2.09. The number of benzene rings is 1. The van der Waals surface area contributed by atoms with Gasteiger partial charge in [-0.1, -0.05) is 18.5 Å². The molecule has 1 aromatic rings. The van der Waals surface area contributed by atoms with Crippen molar-refractivity contribution in [3.63, 3.8) is 0 Å². The van der Waals surface area contributed by atoms with E-state index in [1.54, 1.807) is 25.1 Å². The minimum absolute atomic E-state index is 0.196. The third kappa shape index (κ3) is 5.30. The third-order valence-electron chi connectivity index (χ3n) is 2.46. The largest absolute Gasteiger partial charge is 0.495 e. The van der Waals surface area contributed by atoms with Crippen LogP contribution in [-0.4, -0.2) is 35.6 Å². The number of methoxy groups -OCH3 is 1. The second-order valence-corrected chi connectivity index (χ2v) is 5.59. The molecule has 0 saturated heterocycles. The molecule has 0 heterocycles. The summed E-state index contributed by atoms with van der Waals surface area (Å²) in [4.78, 5) is 22.3. The summed E-state index contributed by atoms with van der Waals surface area (Å²) in [6, 6.07) is 4.95.